The highest BCUT2D eigenvalue weighted by molar-refractivity contribution is 9.10. The van der Waals surface area contributed by atoms with Crippen molar-refractivity contribution in [2.45, 2.75) is 6.42 Å². The second-order valence-electron chi connectivity index (χ2n) is 3.86. The molecular formula is C14H9BrClFO. The van der Waals surface area contributed by atoms with Gasteiger partial charge in [0.25, 0.3) is 0 Å². The molecule has 0 radical (unpaired) electrons. The molecule has 0 aliphatic carbocycles. The molecule has 0 unspecified atom stereocenters. The van der Waals surface area contributed by atoms with E-state index in [1.165, 1.54) is 6.07 Å². The Morgan fingerprint density at radius 1 is 1.17 bits per heavy atom. The van der Waals surface area contributed by atoms with E-state index in [0.29, 0.717) is 15.1 Å². The molecule has 0 amide bonds. The lowest BCUT2D eigenvalue weighted by Gasteiger charge is -2.03. The number of ketones is 1. The van der Waals surface area contributed by atoms with Crippen molar-refractivity contribution < 1.29 is 9.18 Å². The molecular weight excluding hydrogens is 319 g/mol. The van der Waals surface area contributed by atoms with Crippen molar-refractivity contribution in [1.82, 2.24) is 0 Å². The lowest BCUT2D eigenvalue weighted by molar-refractivity contribution is 0.0993. The third-order valence-electron chi connectivity index (χ3n) is 2.51. The van der Waals surface area contributed by atoms with E-state index in [1.54, 1.807) is 36.4 Å². The molecule has 2 aromatic carbocycles. The monoisotopic (exact) mass is 326 g/mol. The van der Waals surface area contributed by atoms with Crippen molar-refractivity contribution in [1.29, 1.82) is 0 Å². The second-order valence-corrected chi connectivity index (χ2v) is 5.15. The lowest BCUT2D eigenvalue weighted by Crippen LogP contribution is -2.03. The average Bonchev–Trinajstić information content (AvgIpc) is 2.34. The first-order valence-electron chi connectivity index (χ1n) is 5.29. The van der Waals surface area contributed by atoms with Crippen LogP contribution in [0.1, 0.15) is 15.9 Å². The first kappa shape index (κ1) is 13.2. The first-order chi connectivity index (χ1) is 8.56. The molecule has 0 atom stereocenters. The van der Waals surface area contributed by atoms with Crippen LogP contribution >= 0.6 is 27.5 Å². The number of Topliss-reactive ketones (excluding diaryl/α,β-unsaturated/α-hetero) is 1. The van der Waals surface area contributed by atoms with Crippen molar-refractivity contribution in [3.05, 3.63) is 68.9 Å². The molecule has 18 heavy (non-hydrogen) atoms. The maximum Gasteiger partial charge on any atom is 0.167 e. The van der Waals surface area contributed by atoms with Gasteiger partial charge in [-0.1, -0.05) is 17.7 Å². The molecule has 0 aliphatic heterocycles. The van der Waals surface area contributed by atoms with Crippen LogP contribution in [-0.2, 0) is 6.42 Å². The van der Waals surface area contributed by atoms with E-state index in [0.717, 1.165) is 5.56 Å². The Kier molecular flexibility index (Phi) is 4.15. The van der Waals surface area contributed by atoms with Crippen LogP contribution in [-0.4, -0.2) is 5.78 Å². The Hall–Kier alpha value is -1.19. The van der Waals surface area contributed by atoms with E-state index in [2.05, 4.69) is 15.9 Å². The summed E-state index contributed by atoms with van der Waals surface area (Å²) in [4.78, 5) is 12.0. The van der Waals surface area contributed by atoms with Crippen molar-refractivity contribution in [3.63, 3.8) is 0 Å². The zero-order valence-electron chi connectivity index (χ0n) is 9.29. The summed E-state index contributed by atoms with van der Waals surface area (Å²) >= 11 is 8.85. The standard InChI is InChI=1S/C14H9BrClFO/c15-12-7-9(1-6-13(12)17)8-14(18)10-2-4-11(16)5-3-10/h1-7H,8H2. The van der Waals surface area contributed by atoms with E-state index >= 15 is 0 Å². The molecule has 1 nitrogen and oxygen atoms in total. The fraction of sp³-hybridized carbons (Fsp3) is 0.0714. The largest absolute Gasteiger partial charge is 0.294 e. The molecule has 0 heterocycles. The first-order valence-corrected chi connectivity index (χ1v) is 6.46. The summed E-state index contributed by atoms with van der Waals surface area (Å²) in [5, 5.41) is 0.594. The Morgan fingerprint density at radius 3 is 2.44 bits per heavy atom. The number of carbonyl (C=O) groups excluding carboxylic acids is 1. The molecule has 0 saturated heterocycles. The minimum atomic E-state index is -0.335. The Labute approximate surface area is 118 Å². The van der Waals surface area contributed by atoms with Crippen molar-refractivity contribution in [3.8, 4) is 0 Å². The molecule has 0 N–H and O–H groups in total. The topological polar surface area (TPSA) is 17.1 Å². The summed E-state index contributed by atoms with van der Waals surface area (Å²) in [6.07, 6.45) is 0.237. The second kappa shape index (κ2) is 5.63. The van der Waals surface area contributed by atoms with Gasteiger partial charge in [-0.3, -0.25) is 4.79 Å². The van der Waals surface area contributed by atoms with E-state index in [4.69, 9.17) is 11.6 Å². The highest BCUT2D eigenvalue weighted by atomic mass is 79.9. The fourth-order valence-electron chi connectivity index (χ4n) is 1.57. The van der Waals surface area contributed by atoms with Crippen molar-refractivity contribution in [2.24, 2.45) is 0 Å². The molecule has 4 heteroatoms. The lowest BCUT2D eigenvalue weighted by atomic mass is 10.0. The van der Waals surface area contributed by atoms with E-state index in [-0.39, 0.29) is 18.0 Å². The molecule has 2 aromatic rings. The summed E-state index contributed by atoms with van der Waals surface area (Å²) in [5.74, 6) is -0.358. The van der Waals surface area contributed by atoms with E-state index in [1.807, 2.05) is 0 Å². The van der Waals surface area contributed by atoms with Gasteiger partial charge in [0.1, 0.15) is 5.82 Å². The third kappa shape index (κ3) is 3.18. The molecule has 0 saturated carbocycles. The van der Waals surface area contributed by atoms with Crippen molar-refractivity contribution in [2.75, 3.05) is 0 Å². The van der Waals surface area contributed by atoms with Crippen LogP contribution in [0.15, 0.2) is 46.9 Å². The third-order valence-corrected chi connectivity index (χ3v) is 3.37. The van der Waals surface area contributed by atoms with E-state index in [9.17, 15) is 9.18 Å². The van der Waals surface area contributed by atoms with Gasteiger partial charge in [-0.15, -0.1) is 0 Å². The van der Waals surface area contributed by atoms with Gasteiger partial charge in [-0.25, -0.2) is 4.39 Å². The van der Waals surface area contributed by atoms with Crippen molar-refractivity contribution >= 4 is 33.3 Å². The molecule has 0 fully saturated rings. The normalized spacial score (nSPS) is 10.4. The van der Waals surface area contributed by atoms with Crippen LogP contribution in [0, 0.1) is 5.82 Å². The Bertz CT molecular complexity index is 581. The Morgan fingerprint density at radius 2 is 1.83 bits per heavy atom. The molecule has 92 valence electrons. The van der Waals surface area contributed by atoms with Crippen LogP contribution in [0.3, 0.4) is 0 Å². The van der Waals surface area contributed by atoms with Gasteiger partial charge < -0.3 is 0 Å². The van der Waals surface area contributed by atoms with Gasteiger partial charge in [0.05, 0.1) is 4.47 Å². The highest BCUT2D eigenvalue weighted by Crippen LogP contribution is 2.18. The maximum absolute atomic E-state index is 13.1. The predicted octanol–water partition coefficient (Wildman–Crippen LogP) is 4.67. The SMILES string of the molecule is O=C(Cc1ccc(F)c(Br)c1)c1ccc(Cl)cc1. The maximum atomic E-state index is 13.1. The van der Waals surface area contributed by atoms with Gasteiger partial charge in [0, 0.05) is 17.0 Å². The average molecular weight is 328 g/mol. The number of rotatable bonds is 3. The van der Waals surface area contributed by atoms with Crippen LogP contribution in [0.25, 0.3) is 0 Å². The molecule has 0 spiro atoms. The number of carbonyl (C=O) groups is 1. The van der Waals surface area contributed by atoms with Crippen LogP contribution in [0.5, 0.6) is 0 Å². The minimum Gasteiger partial charge on any atom is -0.294 e. The molecule has 0 bridgehead atoms. The van der Waals surface area contributed by atoms with Crippen LogP contribution in [0.4, 0.5) is 4.39 Å². The number of hydrogen-bond donors (Lipinski definition) is 0. The van der Waals surface area contributed by atoms with Gasteiger partial charge in [0.15, 0.2) is 5.78 Å². The number of hydrogen-bond acceptors (Lipinski definition) is 1. The molecule has 0 aromatic heterocycles. The summed E-state index contributed by atoms with van der Waals surface area (Å²) in [5.41, 5.74) is 1.36. The Balaban J connectivity index is 2.16. The van der Waals surface area contributed by atoms with Gasteiger partial charge in [-0.05, 0) is 57.9 Å². The number of benzene rings is 2. The minimum absolute atomic E-state index is 0.0230. The fourth-order valence-corrected chi connectivity index (χ4v) is 2.13. The smallest absolute Gasteiger partial charge is 0.167 e. The zero-order chi connectivity index (χ0) is 13.1. The van der Waals surface area contributed by atoms with E-state index < -0.39 is 0 Å². The summed E-state index contributed by atoms with van der Waals surface area (Å²) < 4.78 is 13.4. The predicted molar refractivity (Wildman–Crippen MR) is 73.6 cm³/mol. The summed E-state index contributed by atoms with van der Waals surface area (Å²) in [7, 11) is 0. The van der Waals surface area contributed by atoms with Gasteiger partial charge in [-0.2, -0.15) is 0 Å². The summed E-state index contributed by atoms with van der Waals surface area (Å²) in [6.45, 7) is 0. The van der Waals surface area contributed by atoms with Crippen LogP contribution in [0.2, 0.25) is 5.02 Å². The number of halogens is 3. The van der Waals surface area contributed by atoms with Crippen LogP contribution < -0.4 is 0 Å². The molecule has 2 rings (SSSR count). The zero-order valence-corrected chi connectivity index (χ0v) is 11.6. The van der Waals surface area contributed by atoms with Gasteiger partial charge in [0.2, 0.25) is 0 Å². The summed E-state index contributed by atoms with van der Waals surface area (Å²) in [6, 6.07) is 11.3. The highest BCUT2D eigenvalue weighted by Gasteiger charge is 2.08. The quantitative estimate of drug-likeness (QED) is 0.749. The van der Waals surface area contributed by atoms with Gasteiger partial charge >= 0.3 is 0 Å². The molecule has 0 aliphatic rings.